The number of carbonyl (C=O) groups excluding carboxylic acids is 1. The van der Waals surface area contributed by atoms with Crippen molar-refractivity contribution in [2.24, 2.45) is 0 Å². The molecular formula is C16H27N5O16P2+2. The fourth-order valence-electron chi connectivity index (χ4n) is 2.92. The SMILES string of the molecule is Nc1nc2c(ncn2[C@@H]2O[C@H](CO)[C@@H](O)[C@H]2O)c(=O)[nH]1.O=CC(O)C(O)C(O)C(O)CO.O=[P+](O)O[P+](=O)O. The molecule has 23 heteroatoms. The number of nitrogens with one attached hydrogen (secondary N) is 1. The van der Waals surface area contributed by atoms with E-state index in [1.807, 2.05) is 0 Å². The molecule has 39 heavy (non-hydrogen) atoms. The third-order valence-corrected chi connectivity index (χ3v) is 5.92. The van der Waals surface area contributed by atoms with E-state index in [1.165, 1.54) is 10.9 Å². The number of ether oxygens (including phenoxy) is 1. The van der Waals surface area contributed by atoms with Gasteiger partial charge in [0, 0.05) is 9.13 Å². The van der Waals surface area contributed by atoms with Gasteiger partial charge < -0.3 is 56.1 Å². The minimum Gasteiger partial charge on any atom is -0.394 e. The van der Waals surface area contributed by atoms with Gasteiger partial charge in [-0.2, -0.15) is 4.98 Å². The van der Waals surface area contributed by atoms with Crippen molar-refractivity contribution < 1.29 is 73.6 Å². The first-order chi connectivity index (χ1) is 18.2. The predicted octanol–water partition coefficient (Wildman–Crippen LogP) is -5.76. The Bertz CT molecular complexity index is 1150. The lowest BCUT2D eigenvalue weighted by molar-refractivity contribution is -0.136. The maximum atomic E-state index is 11.7. The van der Waals surface area contributed by atoms with Crippen molar-refractivity contribution in [2.75, 3.05) is 18.9 Å². The number of hydrogen-bond donors (Lipinski definition) is 12. The molecule has 0 bridgehead atoms. The molecule has 0 aromatic carbocycles. The number of aldehydes is 1. The number of nitrogens with zero attached hydrogens (tertiary/aromatic N) is 3. The van der Waals surface area contributed by atoms with E-state index in [4.69, 9.17) is 50.9 Å². The first-order valence-electron chi connectivity index (χ1n) is 10.3. The van der Waals surface area contributed by atoms with Gasteiger partial charge in [-0.15, -0.1) is 9.79 Å². The van der Waals surface area contributed by atoms with Crippen LogP contribution >= 0.6 is 16.5 Å². The third-order valence-electron chi connectivity index (χ3n) is 4.80. The van der Waals surface area contributed by atoms with E-state index in [1.54, 1.807) is 0 Å². The highest BCUT2D eigenvalue weighted by molar-refractivity contribution is 7.46. The molecule has 1 fully saturated rings. The van der Waals surface area contributed by atoms with Crippen molar-refractivity contribution in [3.63, 3.8) is 0 Å². The zero-order chi connectivity index (χ0) is 30.0. The highest BCUT2D eigenvalue weighted by atomic mass is 31.2. The first kappa shape index (κ1) is 34.6. The summed E-state index contributed by atoms with van der Waals surface area (Å²) in [4.78, 5) is 47.0. The van der Waals surface area contributed by atoms with Gasteiger partial charge in [0.1, 0.15) is 42.7 Å². The van der Waals surface area contributed by atoms with E-state index in [0.717, 1.165) is 0 Å². The second-order valence-corrected chi connectivity index (χ2v) is 9.02. The van der Waals surface area contributed by atoms with Crippen LogP contribution in [0.5, 0.6) is 0 Å². The molecule has 3 heterocycles. The van der Waals surface area contributed by atoms with Gasteiger partial charge >= 0.3 is 16.5 Å². The van der Waals surface area contributed by atoms with Crippen molar-refractivity contribution in [3.05, 3.63) is 16.7 Å². The van der Waals surface area contributed by atoms with Crippen molar-refractivity contribution in [2.45, 2.75) is 49.0 Å². The Morgan fingerprint density at radius 3 is 2.15 bits per heavy atom. The van der Waals surface area contributed by atoms with Crippen LogP contribution in [0, 0.1) is 0 Å². The number of rotatable bonds is 9. The average molecular weight is 607 g/mol. The summed E-state index contributed by atoms with van der Waals surface area (Å²) in [5.41, 5.74) is 5.12. The number of anilines is 1. The Labute approximate surface area is 218 Å². The quantitative estimate of drug-likeness (QED) is 0.0932. The molecule has 220 valence electrons. The van der Waals surface area contributed by atoms with Gasteiger partial charge in [-0.3, -0.25) is 14.3 Å². The lowest BCUT2D eigenvalue weighted by atomic mass is 10.0. The Morgan fingerprint density at radius 2 is 1.72 bits per heavy atom. The average Bonchev–Trinajstić information content (AvgIpc) is 3.42. The topological polar surface area (TPSA) is 362 Å². The molecule has 6 unspecified atom stereocenters. The molecule has 0 saturated carbocycles. The van der Waals surface area contributed by atoms with Crippen LogP contribution < -0.4 is 11.3 Å². The summed E-state index contributed by atoms with van der Waals surface area (Å²) < 4.78 is 28.8. The van der Waals surface area contributed by atoms with Crippen LogP contribution in [0.4, 0.5) is 5.95 Å². The Morgan fingerprint density at radius 1 is 1.13 bits per heavy atom. The monoisotopic (exact) mass is 607 g/mol. The number of aromatic nitrogens is 4. The lowest BCUT2D eigenvalue weighted by Crippen LogP contribution is -2.46. The normalized spacial score (nSPS) is 24.4. The molecule has 3 rings (SSSR count). The summed E-state index contributed by atoms with van der Waals surface area (Å²) in [7, 11) is -5.85. The van der Waals surface area contributed by atoms with Crippen molar-refractivity contribution in [1.29, 1.82) is 0 Å². The van der Waals surface area contributed by atoms with Crippen molar-refractivity contribution in [3.8, 4) is 0 Å². The fraction of sp³-hybridized carbons (Fsp3) is 0.625. The van der Waals surface area contributed by atoms with Crippen LogP contribution in [-0.2, 0) is 23.0 Å². The number of aliphatic hydroxyl groups excluding tert-OH is 8. The molecule has 1 aliphatic rings. The summed E-state index contributed by atoms with van der Waals surface area (Å²) in [6.07, 6.45) is -10.1. The van der Waals surface area contributed by atoms with E-state index in [2.05, 4.69) is 19.3 Å². The number of H-pyrrole nitrogens is 1. The van der Waals surface area contributed by atoms with Crippen molar-refractivity contribution in [1.82, 2.24) is 19.5 Å². The van der Waals surface area contributed by atoms with Crippen LogP contribution in [-0.4, -0.2) is 132 Å². The molecule has 13 N–H and O–H groups in total. The summed E-state index contributed by atoms with van der Waals surface area (Å²) in [5, 5.41) is 72.3. The van der Waals surface area contributed by atoms with Gasteiger partial charge in [-0.1, -0.05) is 0 Å². The first-order valence-corrected chi connectivity index (χ1v) is 12.6. The highest BCUT2D eigenvalue weighted by Gasteiger charge is 2.44. The minimum atomic E-state index is -2.92. The standard InChI is InChI=1S/C10H13N5O5.C6H12O6.O5P2/c11-10-13-7-4(8(19)14-10)12-2-15(7)9-6(18)5(17)3(1-16)20-9;7-1-3(9)5(11)6(12)4(10)2-8;1-6(2)5-7(3)4/h2-3,5-6,9,16-18H,1H2,(H3,11,13,14,19);1,3-6,8-12H,2H2;/p+2/t3-,5-,6-,9-;;/m1../s1. The van der Waals surface area contributed by atoms with Crippen LogP contribution in [0.1, 0.15) is 6.23 Å². The molecule has 2 aromatic rings. The molecule has 0 radical (unpaired) electrons. The van der Waals surface area contributed by atoms with E-state index in [-0.39, 0.29) is 23.4 Å². The van der Waals surface area contributed by atoms with Gasteiger partial charge in [0.15, 0.2) is 28.0 Å². The molecule has 10 atom stereocenters. The third kappa shape index (κ3) is 9.60. The number of imidazole rings is 1. The second kappa shape index (κ2) is 16.0. The summed E-state index contributed by atoms with van der Waals surface area (Å²) >= 11 is 0. The summed E-state index contributed by atoms with van der Waals surface area (Å²) in [6, 6.07) is 0. The number of aromatic amines is 1. The van der Waals surface area contributed by atoms with Crippen LogP contribution in [0.3, 0.4) is 0 Å². The van der Waals surface area contributed by atoms with Gasteiger partial charge in [-0.05, 0) is 0 Å². The van der Waals surface area contributed by atoms with Crippen LogP contribution in [0.2, 0.25) is 0 Å². The fourth-order valence-corrected chi connectivity index (χ4v) is 3.40. The molecule has 1 saturated heterocycles. The maximum absolute atomic E-state index is 11.7. The zero-order valence-electron chi connectivity index (χ0n) is 19.4. The Balaban J connectivity index is 0.000000342. The molecule has 0 aliphatic carbocycles. The number of fused-ring (bicyclic) bond motifs is 1. The molecule has 21 nitrogen and oxygen atoms in total. The summed E-state index contributed by atoms with van der Waals surface area (Å²) in [6.45, 7) is -1.21. The zero-order valence-corrected chi connectivity index (χ0v) is 21.2. The number of aliphatic hydroxyl groups is 8. The van der Waals surface area contributed by atoms with E-state index in [0.29, 0.717) is 0 Å². The van der Waals surface area contributed by atoms with Gasteiger partial charge in [0.25, 0.3) is 5.56 Å². The summed E-state index contributed by atoms with van der Waals surface area (Å²) in [5.74, 6) is -0.101. The van der Waals surface area contributed by atoms with Gasteiger partial charge in [0.05, 0.1) is 19.5 Å². The maximum Gasteiger partial charge on any atom is 0.745 e. The molecule has 0 spiro atoms. The molecular weight excluding hydrogens is 580 g/mol. The number of hydrogen-bond acceptors (Lipinski definition) is 17. The van der Waals surface area contributed by atoms with E-state index < -0.39 is 84.2 Å². The van der Waals surface area contributed by atoms with Crippen molar-refractivity contribution >= 4 is 39.9 Å². The van der Waals surface area contributed by atoms with E-state index >= 15 is 0 Å². The molecule has 0 amide bonds. The highest BCUT2D eigenvalue weighted by Crippen LogP contribution is 2.31. The second-order valence-electron chi connectivity index (χ2n) is 7.42. The Kier molecular flexibility index (Phi) is 14.1. The van der Waals surface area contributed by atoms with Gasteiger partial charge in [-0.25, -0.2) is 4.98 Å². The Hall–Kier alpha value is -2.46. The number of nitrogens with two attached hydrogens (primary N) is 1. The van der Waals surface area contributed by atoms with Crippen LogP contribution in [0.15, 0.2) is 11.1 Å². The van der Waals surface area contributed by atoms with E-state index in [9.17, 15) is 28.9 Å². The number of carbonyl (C=O) groups is 1. The minimum absolute atomic E-state index is 0.0258. The smallest absolute Gasteiger partial charge is 0.394 e. The van der Waals surface area contributed by atoms with Crippen LogP contribution in [0.25, 0.3) is 11.2 Å². The predicted molar refractivity (Wildman–Crippen MR) is 123 cm³/mol. The molecule has 2 aromatic heterocycles. The van der Waals surface area contributed by atoms with Gasteiger partial charge in [0.2, 0.25) is 5.95 Å². The molecule has 1 aliphatic heterocycles. The number of nitrogen functional groups attached to an aromatic ring is 1. The largest absolute Gasteiger partial charge is 0.745 e. The lowest BCUT2D eigenvalue weighted by Gasteiger charge is -2.22.